The molecule has 0 bridgehead atoms. The molecule has 0 fully saturated rings. The third kappa shape index (κ3) is 2.08. The molecule has 0 N–H and O–H groups in total. The lowest BCUT2D eigenvalue weighted by Gasteiger charge is -2.11. The molecule has 22 heavy (non-hydrogen) atoms. The van der Waals surface area contributed by atoms with Gasteiger partial charge in [-0.3, -0.25) is 0 Å². The van der Waals surface area contributed by atoms with Crippen molar-refractivity contribution < 1.29 is 0 Å². The summed E-state index contributed by atoms with van der Waals surface area (Å²) < 4.78 is 0. The van der Waals surface area contributed by atoms with Crippen molar-refractivity contribution in [2.75, 3.05) is 0 Å². The van der Waals surface area contributed by atoms with Gasteiger partial charge in [-0.1, -0.05) is 78.9 Å². The maximum Gasteiger partial charge on any atom is -0.000718 e. The van der Waals surface area contributed by atoms with Gasteiger partial charge in [-0.2, -0.15) is 0 Å². The number of hydrogen-bond donors (Lipinski definition) is 0. The monoisotopic (exact) mass is 282 g/mol. The van der Waals surface area contributed by atoms with Crippen molar-refractivity contribution in [2.45, 2.75) is 13.3 Å². The van der Waals surface area contributed by atoms with E-state index in [4.69, 9.17) is 0 Å². The van der Waals surface area contributed by atoms with E-state index in [1.807, 2.05) is 0 Å². The molecule has 0 unspecified atom stereocenters. The Morgan fingerprint density at radius 1 is 0.636 bits per heavy atom. The van der Waals surface area contributed by atoms with Crippen molar-refractivity contribution in [2.24, 2.45) is 0 Å². The van der Waals surface area contributed by atoms with Crippen LogP contribution in [0.2, 0.25) is 0 Å². The first-order chi connectivity index (χ1) is 10.8. The summed E-state index contributed by atoms with van der Waals surface area (Å²) in [4.78, 5) is 0. The highest BCUT2D eigenvalue weighted by Crippen LogP contribution is 2.42. The van der Waals surface area contributed by atoms with Crippen molar-refractivity contribution >= 4 is 11.1 Å². The summed E-state index contributed by atoms with van der Waals surface area (Å²) in [5.41, 5.74) is 9.68. The van der Waals surface area contributed by atoms with Crippen LogP contribution < -0.4 is 0 Å². The van der Waals surface area contributed by atoms with E-state index in [-0.39, 0.29) is 0 Å². The molecule has 0 aliphatic heterocycles. The Bertz CT molecular complexity index is 854. The van der Waals surface area contributed by atoms with E-state index in [0.717, 1.165) is 6.42 Å². The molecule has 0 heterocycles. The number of allylic oxidation sites excluding steroid dienone is 1. The van der Waals surface area contributed by atoms with Gasteiger partial charge in [0.15, 0.2) is 0 Å². The van der Waals surface area contributed by atoms with Crippen molar-refractivity contribution in [1.29, 1.82) is 0 Å². The Labute approximate surface area is 131 Å². The molecule has 0 amide bonds. The Balaban J connectivity index is 2.00. The van der Waals surface area contributed by atoms with E-state index in [2.05, 4.69) is 85.8 Å². The average Bonchev–Trinajstić information content (AvgIpc) is 2.95. The van der Waals surface area contributed by atoms with Crippen LogP contribution in [0.3, 0.4) is 0 Å². The minimum absolute atomic E-state index is 1.02. The van der Waals surface area contributed by atoms with Crippen LogP contribution in [0.15, 0.2) is 78.9 Å². The van der Waals surface area contributed by atoms with Gasteiger partial charge in [0.2, 0.25) is 0 Å². The second-order valence-corrected chi connectivity index (χ2v) is 5.87. The molecule has 3 aromatic carbocycles. The van der Waals surface area contributed by atoms with Gasteiger partial charge in [0.25, 0.3) is 0 Å². The smallest absolute Gasteiger partial charge is 0.000718 e. The summed E-state index contributed by atoms with van der Waals surface area (Å²) in [6.07, 6.45) is 1.02. The van der Waals surface area contributed by atoms with Gasteiger partial charge in [-0.25, -0.2) is 0 Å². The molecule has 0 radical (unpaired) electrons. The molecule has 106 valence electrons. The third-order valence-corrected chi connectivity index (χ3v) is 4.49. The molecule has 0 saturated heterocycles. The van der Waals surface area contributed by atoms with Gasteiger partial charge in [0, 0.05) is 0 Å². The van der Waals surface area contributed by atoms with Gasteiger partial charge in [0.1, 0.15) is 0 Å². The molecule has 3 aromatic rings. The Morgan fingerprint density at radius 2 is 1.27 bits per heavy atom. The van der Waals surface area contributed by atoms with E-state index in [1.165, 1.54) is 39.0 Å². The zero-order valence-electron chi connectivity index (χ0n) is 12.7. The molecule has 0 heteroatoms. The van der Waals surface area contributed by atoms with Crippen LogP contribution in [0.25, 0.3) is 11.1 Å². The Morgan fingerprint density at radius 3 is 2.05 bits per heavy atom. The highest BCUT2D eigenvalue weighted by molar-refractivity contribution is 6.04. The minimum Gasteiger partial charge on any atom is -0.0622 e. The number of hydrogen-bond acceptors (Lipinski definition) is 0. The van der Waals surface area contributed by atoms with E-state index in [0.29, 0.717) is 0 Å². The maximum absolute atomic E-state index is 2.25. The molecular formula is C22H18. The van der Waals surface area contributed by atoms with Crippen molar-refractivity contribution in [1.82, 2.24) is 0 Å². The minimum atomic E-state index is 1.02. The first-order valence-electron chi connectivity index (χ1n) is 7.77. The number of benzene rings is 3. The molecule has 0 spiro atoms. The second kappa shape index (κ2) is 5.31. The van der Waals surface area contributed by atoms with Crippen LogP contribution in [0.1, 0.15) is 27.8 Å². The quantitative estimate of drug-likeness (QED) is 0.581. The lowest BCUT2D eigenvalue weighted by Crippen LogP contribution is -1.91. The molecule has 0 atom stereocenters. The van der Waals surface area contributed by atoms with E-state index >= 15 is 0 Å². The fourth-order valence-corrected chi connectivity index (χ4v) is 3.44. The summed E-state index contributed by atoms with van der Waals surface area (Å²) in [5, 5.41) is 0. The van der Waals surface area contributed by atoms with Gasteiger partial charge < -0.3 is 0 Å². The number of fused-ring (bicyclic) bond motifs is 1. The van der Waals surface area contributed by atoms with E-state index in [9.17, 15) is 0 Å². The fraction of sp³-hybridized carbons (Fsp3) is 0.0909. The first kappa shape index (κ1) is 13.1. The van der Waals surface area contributed by atoms with Gasteiger partial charge >= 0.3 is 0 Å². The average molecular weight is 282 g/mol. The van der Waals surface area contributed by atoms with E-state index < -0.39 is 0 Å². The van der Waals surface area contributed by atoms with Crippen molar-refractivity contribution in [3.63, 3.8) is 0 Å². The van der Waals surface area contributed by atoms with Gasteiger partial charge in [-0.15, -0.1) is 0 Å². The largest absolute Gasteiger partial charge is 0.0622 e. The number of aryl methyl sites for hydroxylation is 1. The molecule has 4 rings (SSSR count). The second-order valence-electron chi connectivity index (χ2n) is 5.87. The lowest BCUT2D eigenvalue weighted by atomic mass is 9.92. The normalized spacial score (nSPS) is 13.3. The fourth-order valence-electron chi connectivity index (χ4n) is 3.44. The molecule has 0 saturated carbocycles. The summed E-state index contributed by atoms with van der Waals surface area (Å²) in [5.74, 6) is 0. The molecule has 0 nitrogen and oxygen atoms in total. The van der Waals surface area contributed by atoms with Crippen LogP contribution in [-0.2, 0) is 6.42 Å². The van der Waals surface area contributed by atoms with Crippen molar-refractivity contribution in [3.8, 4) is 0 Å². The third-order valence-electron chi connectivity index (χ3n) is 4.49. The predicted molar refractivity (Wildman–Crippen MR) is 93.7 cm³/mol. The predicted octanol–water partition coefficient (Wildman–Crippen LogP) is 5.51. The topological polar surface area (TPSA) is 0 Å². The van der Waals surface area contributed by atoms with Gasteiger partial charge in [0.05, 0.1) is 0 Å². The summed E-state index contributed by atoms with van der Waals surface area (Å²) in [6, 6.07) is 28.3. The number of rotatable bonds is 2. The molecule has 1 aliphatic carbocycles. The molecule has 1 aliphatic rings. The zero-order chi connectivity index (χ0) is 14.9. The van der Waals surface area contributed by atoms with Gasteiger partial charge in [-0.05, 0) is 52.3 Å². The zero-order valence-corrected chi connectivity index (χ0v) is 12.7. The molecule has 0 aromatic heterocycles. The Hall–Kier alpha value is -2.60. The standard InChI is InChI=1S/C22H18/c1-16-9-5-7-13-19(16)21-15-18-12-6-8-14-20(18)22(21)17-10-3-2-4-11-17/h2-14H,15H2,1H3. The highest BCUT2D eigenvalue weighted by Gasteiger charge is 2.23. The highest BCUT2D eigenvalue weighted by atomic mass is 14.3. The first-order valence-corrected chi connectivity index (χ1v) is 7.77. The van der Waals surface area contributed by atoms with Crippen molar-refractivity contribution in [3.05, 3.63) is 107 Å². The van der Waals surface area contributed by atoms with Crippen LogP contribution in [0, 0.1) is 6.92 Å². The van der Waals surface area contributed by atoms with Crippen LogP contribution in [-0.4, -0.2) is 0 Å². The summed E-state index contributed by atoms with van der Waals surface area (Å²) in [6.45, 7) is 2.20. The Kier molecular flexibility index (Phi) is 3.16. The van der Waals surface area contributed by atoms with E-state index in [1.54, 1.807) is 0 Å². The van der Waals surface area contributed by atoms with Crippen LogP contribution in [0.5, 0.6) is 0 Å². The van der Waals surface area contributed by atoms with Crippen LogP contribution >= 0.6 is 0 Å². The molecular weight excluding hydrogens is 264 g/mol. The summed E-state index contributed by atoms with van der Waals surface area (Å²) >= 11 is 0. The SMILES string of the molecule is Cc1ccccc1C1=C(c2ccccc2)c2ccccc2C1. The maximum atomic E-state index is 2.25. The lowest BCUT2D eigenvalue weighted by molar-refractivity contribution is 1.30. The van der Waals surface area contributed by atoms with Crippen LogP contribution in [0.4, 0.5) is 0 Å². The summed E-state index contributed by atoms with van der Waals surface area (Å²) in [7, 11) is 0.